The molecule has 4 rings (SSSR count). The summed E-state index contributed by atoms with van der Waals surface area (Å²) in [5.74, 6) is -1.34. The number of carboxylic acids is 1. The lowest BCUT2D eigenvalue weighted by atomic mass is 10.1. The van der Waals surface area contributed by atoms with E-state index in [9.17, 15) is 14.3 Å². The maximum Gasteiger partial charge on any atom is 0.348 e. The van der Waals surface area contributed by atoms with Crippen molar-refractivity contribution in [3.05, 3.63) is 46.6 Å². The molecular formula is C23H27FN4O2S. The summed E-state index contributed by atoms with van der Waals surface area (Å²) in [5.41, 5.74) is 2.73. The lowest BCUT2D eigenvalue weighted by molar-refractivity contribution is 0.0703. The van der Waals surface area contributed by atoms with Gasteiger partial charge < -0.3 is 15.3 Å². The number of aromatic carboxylic acids is 1. The van der Waals surface area contributed by atoms with E-state index in [1.165, 1.54) is 44.5 Å². The average molecular weight is 443 g/mol. The number of nitrogens with one attached hydrogen (secondary N) is 1. The van der Waals surface area contributed by atoms with E-state index >= 15 is 0 Å². The van der Waals surface area contributed by atoms with Crippen LogP contribution in [0.4, 0.5) is 10.1 Å². The molecule has 1 fully saturated rings. The van der Waals surface area contributed by atoms with Crippen molar-refractivity contribution in [3.8, 4) is 11.3 Å². The van der Waals surface area contributed by atoms with Crippen LogP contribution in [0.3, 0.4) is 0 Å². The molecule has 0 saturated carbocycles. The van der Waals surface area contributed by atoms with E-state index in [0.29, 0.717) is 16.2 Å². The van der Waals surface area contributed by atoms with E-state index in [-0.39, 0.29) is 10.7 Å². The number of carbonyl (C=O) groups is 1. The number of pyridine rings is 1. The van der Waals surface area contributed by atoms with Gasteiger partial charge in [-0.15, -0.1) is 11.3 Å². The summed E-state index contributed by atoms with van der Waals surface area (Å²) >= 11 is 1.09. The molecule has 1 aliphatic rings. The number of aromatic nitrogens is 1. The van der Waals surface area contributed by atoms with Crippen molar-refractivity contribution in [2.45, 2.75) is 26.2 Å². The molecule has 2 N–H and O–H groups in total. The maximum atomic E-state index is 13.1. The molecule has 6 nitrogen and oxygen atoms in total. The number of piperidine rings is 1. The van der Waals surface area contributed by atoms with E-state index in [2.05, 4.69) is 15.3 Å². The first-order valence-corrected chi connectivity index (χ1v) is 11.0. The quantitative estimate of drug-likeness (QED) is 0.435. The van der Waals surface area contributed by atoms with Gasteiger partial charge in [0.25, 0.3) is 0 Å². The van der Waals surface area contributed by atoms with Gasteiger partial charge in [-0.2, -0.15) is 0 Å². The zero-order valence-electron chi connectivity index (χ0n) is 18.0. The van der Waals surface area contributed by atoms with Gasteiger partial charge in [0.1, 0.15) is 15.5 Å². The molecule has 1 aliphatic heterocycles. The first kappa shape index (κ1) is 22.8. The number of aryl methyl sites for hydroxylation is 1. The summed E-state index contributed by atoms with van der Waals surface area (Å²) < 4.78 is 13.1. The van der Waals surface area contributed by atoms with Crippen LogP contribution in [0, 0.1) is 12.7 Å². The second-order valence-electron chi connectivity index (χ2n) is 7.62. The number of carboxylic acid groups (broad SMARTS) is 1. The summed E-state index contributed by atoms with van der Waals surface area (Å²) in [6.07, 6.45) is 5.79. The molecule has 3 aromatic rings. The summed E-state index contributed by atoms with van der Waals surface area (Å²) in [5, 5.41) is 13.5. The van der Waals surface area contributed by atoms with Crippen LogP contribution >= 0.6 is 11.3 Å². The van der Waals surface area contributed by atoms with E-state index in [4.69, 9.17) is 0 Å². The highest BCUT2D eigenvalue weighted by atomic mass is 32.1. The highest BCUT2D eigenvalue weighted by Crippen LogP contribution is 2.40. The Labute approximate surface area is 185 Å². The van der Waals surface area contributed by atoms with Gasteiger partial charge in [0.05, 0.1) is 17.7 Å². The number of rotatable bonds is 4. The van der Waals surface area contributed by atoms with Gasteiger partial charge in [-0.05, 0) is 68.8 Å². The van der Waals surface area contributed by atoms with Crippen LogP contribution in [0.25, 0.3) is 21.5 Å². The Hall–Kier alpha value is -2.84. The smallest absolute Gasteiger partial charge is 0.348 e. The predicted octanol–water partition coefficient (Wildman–Crippen LogP) is 5.09. The Morgan fingerprint density at radius 2 is 1.90 bits per heavy atom. The molecule has 0 amide bonds. The van der Waals surface area contributed by atoms with Gasteiger partial charge in [0.15, 0.2) is 0 Å². The standard InChI is InChI=1S/C18H16FN3O2S.C5H11N/c1-10-8-13(11-4-6-12(19)7-5-11)21-17-14(10)15(20-9-22(2)3)16(25-17)18(23)24;1-2-4-6-5-3-1/h4-9H,1-3H3,(H,23,24);6H,1-5H2. The number of halogens is 1. The van der Waals surface area contributed by atoms with Crippen LogP contribution in [-0.2, 0) is 0 Å². The maximum absolute atomic E-state index is 13.1. The third-order valence-corrected chi connectivity index (χ3v) is 5.85. The Bertz CT molecular complexity index is 1060. The van der Waals surface area contributed by atoms with Crippen LogP contribution in [-0.4, -0.2) is 54.5 Å². The van der Waals surface area contributed by atoms with Gasteiger partial charge in [0, 0.05) is 25.0 Å². The molecule has 164 valence electrons. The molecule has 0 spiro atoms. The van der Waals surface area contributed by atoms with Gasteiger partial charge in [0.2, 0.25) is 0 Å². The van der Waals surface area contributed by atoms with E-state index in [1.54, 1.807) is 23.4 Å². The van der Waals surface area contributed by atoms with Crippen LogP contribution in [0.5, 0.6) is 0 Å². The third-order valence-electron chi connectivity index (χ3n) is 4.79. The van der Waals surface area contributed by atoms with Crippen molar-refractivity contribution in [1.29, 1.82) is 0 Å². The Balaban J connectivity index is 0.000000391. The highest BCUT2D eigenvalue weighted by molar-refractivity contribution is 7.21. The summed E-state index contributed by atoms with van der Waals surface area (Å²) in [4.78, 5) is 23.0. The lowest BCUT2D eigenvalue weighted by Gasteiger charge is -2.08. The molecule has 0 aliphatic carbocycles. The van der Waals surface area contributed by atoms with Crippen molar-refractivity contribution in [2.24, 2.45) is 4.99 Å². The van der Waals surface area contributed by atoms with E-state index in [1.807, 2.05) is 27.1 Å². The molecule has 2 aromatic heterocycles. The van der Waals surface area contributed by atoms with Gasteiger partial charge in [-0.25, -0.2) is 19.2 Å². The Kier molecular flexibility index (Phi) is 7.70. The summed E-state index contributed by atoms with van der Waals surface area (Å²) in [7, 11) is 3.63. The molecule has 1 saturated heterocycles. The fraction of sp³-hybridized carbons (Fsp3) is 0.348. The summed E-state index contributed by atoms with van der Waals surface area (Å²) in [6.45, 7) is 4.39. The lowest BCUT2D eigenvalue weighted by Crippen LogP contribution is -2.21. The normalized spacial score (nSPS) is 13.8. The molecule has 31 heavy (non-hydrogen) atoms. The zero-order valence-corrected chi connectivity index (χ0v) is 18.8. The second kappa shape index (κ2) is 10.5. The Morgan fingerprint density at radius 3 is 2.42 bits per heavy atom. The van der Waals surface area contributed by atoms with Gasteiger partial charge in [-0.1, -0.05) is 6.42 Å². The number of hydrogen-bond donors (Lipinski definition) is 2. The van der Waals surface area contributed by atoms with E-state index < -0.39 is 5.97 Å². The fourth-order valence-corrected chi connectivity index (χ4v) is 4.31. The number of thiophene rings is 1. The molecule has 0 bridgehead atoms. The average Bonchev–Trinajstić information content (AvgIpc) is 3.14. The van der Waals surface area contributed by atoms with Crippen molar-refractivity contribution < 1.29 is 14.3 Å². The predicted molar refractivity (Wildman–Crippen MR) is 125 cm³/mol. The van der Waals surface area contributed by atoms with Crippen molar-refractivity contribution in [3.63, 3.8) is 0 Å². The fourth-order valence-electron chi connectivity index (χ4n) is 3.28. The first-order chi connectivity index (χ1) is 14.9. The largest absolute Gasteiger partial charge is 0.477 e. The van der Waals surface area contributed by atoms with Crippen LogP contribution in [0.1, 0.15) is 34.5 Å². The van der Waals surface area contributed by atoms with Crippen LogP contribution < -0.4 is 5.32 Å². The van der Waals surface area contributed by atoms with Gasteiger partial charge in [-0.3, -0.25) is 0 Å². The zero-order chi connectivity index (χ0) is 22.4. The van der Waals surface area contributed by atoms with Gasteiger partial charge >= 0.3 is 5.97 Å². The topological polar surface area (TPSA) is 77.8 Å². The third kappa shape index (κ3) is 5.86. The molecule has 0 radical (unpaired) electrons. The first-order valence-electron chi connectivity index (χ1n) is 10.2. The second-order valence-corrected chi connectivity index (χ2v) is 8.61. The minimum Gasteiger partial charge on any atom is -0.477 e. The monoisotopic (exact) mass is 442 g/mol. The SMILES string of the molecule is C1CCNCC1.Cc1cc(-c2ccc(F)cc2)nc2sc(C(=O)O)c(N=CN(C)C)c12. The molecule has 8 heteroatoms. The molecule has 0 atom stereocenters. The van der Waals surface area contributed by atoms with Crippen molar-refractivity contribution in [1.82, 2.24) is 15.2 Å². The van der Waals surface area contributed by atoms with E-state index in [0.717, 1.165) is 27.8 Å². The number of hydrogen-bond acceptors (Lipinski definition) is 5. The summed E-state index contributed by atoms with van der Waals surface area (Å²) in [6, 6.07) is 7.92. The van der Waals surface area contributed by atoms with Crippen molar-refractivity contribution >= 4 is 39.5 Å². The molecule has 3 heterocycles. The van der Waals surface area contributed by atoms with Crippen molar-refractivity contribution in [2.75, 3.05) is 27.2 Å². The molecular weight excluding hydrogens is 415 g/mol. The number of nitrogens with zero attached hydrogens (tertiary/aromatic N) is 3. The minimum atomic E-state index is -1.03. The Morgan fingerprint density at radius 1 is 1.23 bits per heavy atom. The number of aliphatic imine (C=N–C) groups is 1. The number of benzene rings is 1. The molecule has 0 unspecified atom stereocenters. The van der Waals surface area contributed by atoms with Crippen LogP contribution in [0.15, 0.2) is 35.3 Å². The highest BCUT2D eigenvalue weighted by Gasteiger charge is 2.20. The van der Waals surface area contributed by atoms with Crippen LogP contribution in [0.2, 0.25) is 0 Å². The number of fused-ring (bicyclic) bond motifs is 1. The minimum absolute atomic E-state index is 0.153. The molecule has 1 aromatic carbocycles.